The van der Waals surface area contributed by atoms with Gasteiger partial charge in [0.25, 0.3) is 0 Å². The summed E-state index contributed by atoms with van der Waals surface area (Å²) < 4.78 is 0. The van der Waals surface area contributed by atoms with E-state index in [9.17, 15) is 0 Å². The third-order valence-corrected chi connectivity index (χ3v) is 5.51. The molecule has 6 heteroatoms. The van der Waals surface area contributed by atoms with Gasteiger partial charge in [-0.3, -0.25) is 14.8 Å². The van der Waals surface area contributed by atoms with Gasteiger partial charge in [0.15, 0.2) is 0 Å². The molecule has 1 unspecified atom stereocenters. The van der Waals surface area contributed by atoms with Crippen LogP contribution in [0.3, 0.4) is 0 Å². The summed E-state index contributed by atoms with van der Waals surface area (Å²) in [4.78, 5) is 18.0. The summed E-state index contributed by atoms with van der Waals surface area (Å²) >= 11 is 0. The Hall–Kier alpha value is -2.44. The second-order valence-corrected chi connectivity index (χ2v) is 7.24. The minimum absolute atomic E-state index is 0.438. The normalized spacial score (nSPS) is 21.9. The van der Waals surface area contributed by atoms with Crippen molar-refractivity contribution in [2.24, 2.45) is 10.7 Å². The fourth-order valence-corrected chi connectivity index (χ4v) is 4.08. The monoisotopic (exact) mass is 364 g/mol. The van der Waals surface area contributed by atoms with Gasteiger partial charge >= 0.3 is 0 Å². The largest absolute Gasteiger partial charge is 0.405 e. The highest BCUT2D eigenvalue weighted by Crippen LogP contribution is 2.35. The number of imidazole rings is 1. The molecule has 1 aromatic carbocycles. The number of benzene rings is 1. The molecule has 0 spiro atoms. The Bertz CT molecular complexity index is 786. The summed E-state index contributed by atoms with van der Waals surface area (Å²) in [6, 6.07) is 10.9. The molecule has 0 bridgehead atoms. The lowest BCUT2D eigenvalue weighted by atomic mass is 9.94. The maximum atomic E-state index is 5.33. The van der Waals surface area contributed by atoms with Gasteiger partial charge in [-0.1, -0.05) is 30.3 Å². The van der Waals surface area contributed by atoms with Crippen LogP contribution in [0.25, 0.3) is 11.4 Å². The van der Waals surface area contributed by atoms with Crippen molar-refractivity contribution in [3.8, 4) is 11.4 Å². The van der Waals surface area contributed by atoms with Gasteiger partial charge in [-0.25, -0.2) is 4.98 Å². The van der Waals surface area contributed by atoms with E-state index in [0.29, 0.717) is 6.04 Å². The molecule has 2 aliphatic rings. The Kier molecular flexibility index (Phi) is 5.65. The molecule has 4 rings (SSSR count). The van der Waals surface area contributed by atoms with Crippen LogP contribution in [0.2, 0.25) is 0 Å². The van der Waals surface area contributed by atoms with Gasteiger partial charge in [-0.15, -0.1) is 0 Å². The summed E-state index contributed by atoms with van der Waals surface area (Å²) in [6.07, 6.45) is 8.58. The van der Waals surface area contributed by atoms with E-state index in [-0.39, 0.29) is 0 Å². The lowest BCUT2D eigenvalue weighted by Crippen LogP contribution is -2.48. The van der Waals surface area contributed by atoms with Gasteiger partial charge in [0, 0.05) is 43.7 Å². The quantitative estimate of drug-likeness (QED) is 0.800. The molecule has 1 aliphatic carbocycles. The van der Waals surface area contributed by atoms with E-state index >= 15 is 0 Å². The predicted molar refractivity (Wildman–Crippen MR) is 110 cm³/mol. The van der Waals surface area contributed by atoms with E-state index in [1.54, 1.807) is 12.3 Å². The number of nitrogens with two attached hydrogens (primary N) is 1. The van der Waals surface area contributed by atoms with Gasteiger partial charge in [0.1, 0.15) is 5.82 Å². The molecule has 1 atom stereocenters. The Labute approximate surface area is 160 Å². The summed E-state index contributed by atoms with van der Waals surface area (Å²) in [5.74, 6) is 1.01. The first-order valence-corrected chi connectivity index (χ1v) is 9.82. The summed E-state index contributed by atoms with van der Waals surface area (Å²) in [5.41, 5.74) is 9.08. The third-order valence-electron chi connectivity index (χ3n) is 5.51. The van der Waals surface area contributed by atoms with Crippen molar-refractivity contribution in [1.82, 2.24) is 19.8 Å². The Morgan fingerprint density at radius 1 is 1.19 bits per heavy atom. The fourth-order valence-electron chi connectivity index (χ4n) is 4.08. The first kappa shape index (κ1) is 17.9. The Balaban J connectivity index is 1.42. The summed E-state index contributed by atoms with van der Waals surface area (Å²) in [7, 11) is 0. The minimum Gasteiger partial charge on any atom is -0.405 e. The summed E-state index contributed by atoms with van der Waals surface area (Å²) in [5, 5.41) is 0. The molecule has 2 aromatic rings. The zero-order valence-electron chi connectivity index (χ0n) is 15.7. The molecule has 1 fully saturated rings. The average Bonchev–Trinajstić information content (AvgIpc) is 3.17. The first-order valence-electron chi connectivity index (χ1n) is 9.82. The molecule has 2 heterocycles. The molecular formula is C21H28N6. The van der Waals surface area contributed by atoms with Crippen molar-refractivity contribution in [3.63, 3.8) is 0 Å². The Morgan fingerprint density at radius 2 is 2.00 bits per heavy atom. The fraction of sp³-hybridized carbons (Fsp3) is 0.429. The maximum absolute atomic E-state index is 5.33. The number of rotatable bonds is 5. The number of hydrogen-bond acceptors (Lipinski definition) is 5. The van der Waals surface area contributed by atoms with Gasteiger partial charge in [0.2, 0.25) is 0 Å². The van der Waals surface area contributed by atoms with Crippen LogP contribution in [0.5, 0.6) is 0 Å². The molecule has 0 amide bonds. The summed E-state index contributed by atoms with van der Waals surface area (Å²) in [6.45, 7) is 4.98. The molecule has 6 nitrogen and oxygen atoms in total. The third kappa shape index (κ3) is 4.12. The lowest BCUT2D eigenvalue weighted by molar-refractivity contribution is 0.0883. The smallest absolute Gasteiger partial charge is 0.137 e. The lowest BCUT2D eigenvalue weighted by Gasteiger charge is -2.39. The minimum atomic E-state index is 0.438. The van der Waals surface area contributed by atoms with Crippen LogP contribution in [0, 0.1) is 0 Å². The van der Waals surface area contributed by atoms with E-state index < -0.39 is 0 Å². The molecule has 142 valence electrons. The van der Waals surface area contributed by atoms with Gasteiger partial charge in [0.05, 0.1) is 18.4 Å². The number of aromatic nitrogens is 2. The Morgan fingerprint density at radius 3 is 2.78 bits per heavy atom. The SMILES string of the molecule is N/C=C\C=N/CN1CCN(C2CCCc3[nH]c(-c4ccccc4)nc32)CC1. The van der Waals surface area contributed by atoms with Crippen LogP contribution in [0.15, 0.2) is 47.6 Å². The second kappa shape index (κ2) is 8.50. The van der Waals surface area contributed by atoms with Crippen molar-refractivity contribution in [2.75, 3.05) is 32.8 Å². The molecule has 27 heavy (non-hydrogen) atoms. The van der Waals surface area contributed by atoms with Gasteiger partial charge in [-0.2, -0.15) is 0 Å². The van der Waals surface area contributed by atoms with Crippen LogP contribution in [-0.4, -0.2) is 58.8 Å². The van der Waals surface area contributed by atoms with Crippen LogP contribution >= 0.6 is 0 Å². The number of piperazine rings is 1. The van der Waals surface area contributed by atoms with E-state index in [4.69, 9.17) is 10.7 Å². The van der Waals surface area contributed by atoms with Crippen LogP contribution in [-0.2, 0) is 6.42 Å². The van der Waals surface area contributed by atoms with Crippen molar-refractivity contribution in [2.45, 2.75) is 25.3 Å². The van der Waals surface area contributed by atoms with Crippen LogP contribution < -0.4 is 5.73 Å². The molecule has 0 radical (unpaired) electrons. The molecule has 3 N–H and O–H groups in total. The van der Waals surface area contributed by atoms with Crippen LogP contribution in [0.1, 0.15) is 30.3 Å². The van der Waals surface area contributed by atoms with Crippen molar-refractivity contribution in [3.05, 3.63) is 54.0 Å². The molecule has 1 aromatic heterocycles. The van der Waals surface area contributed by atoms with E-state index in [0.717, 1.165) is 45.1 Å². The number of nitrogens with one attached hydrogen (secondary N) is 1. The maximum Gasteiger partial charge on any atom is 0.137 e. The number of aryl methyl sites for hydroxylation is 1. The number of aromatic amines is 1. The standard InChI is InChI=1S/C21H28N6/c22-10-5-11-23-16-26-12-14-27(15-13-26)19-9-4-8-18-20(19)25-21(24-18)17-6-2-1-3-7-17/h1-3,5-7,10-11,19H,4,8-9,12-16,22H2,(H,24,25)/b10-5-,23-11-. The highest BCUT2D eigenvalue weighted by Gasteiger charge is 2.31. The number of aliphatic imine (C=N–C) groups is 1. The van der Waals surface area contributed by atoms with Crippen molar-refractivity contribution < 1.29 is 0 Å². The average molecular weight is 364 g/mol. The molecular weight excluding hydrogens is 336 g/mol. The van der Waals surface area contributed by atoms with Crippen molar-refractivity contribution in [1.29, 1.82) is 0 Å². The van der Waals surface area contributed by atoms with Gasteiger partial charge < -0.3 is 10.7 Å². The van der Waals surface area contributed by atoms with Gasteiger partial charge in [-0.05, 0) is 31.5 Å². The second-order valence-electron chi connectivity index (χ2n) is 7.24. The van der Waals surface area contributed by atoms with E-state index in [1.165, 1.54) is 36.0 Å². The van der Waals surface area contributed by atoms with E-state index in [1.807, 2.05) is 6.07 Å². The number of H-pyrrole nitrogens is 1. The predicted octanol–water partition coefficient (Wildman–Crippen LogP) is 2.57. The zero-order valence-corrected chi connectivity index (χ0v) is 15.7. The zero-order chi connectivity index (χ0) is 18.5. The highest BCUT2D eigenvalue weighted by atomic mass is 15.3. The number of allylic oxidation sites excluding steroid dienone is 1. The molecule has 0 saturated carbocycles. The first-order chi connectivity index (χ1) is 13.3. The number of hydrogen-bond donors (Lipinski definition) is 2. The highest BCUT2D eigenvalue weighted by molar-refractivity contribution is 5.70. The topological polar surface area (TPSA) is 73.5 Å². The van der Waals surface area contributed by atoms with E-state index in [2.05, 4.69) is 44.0 Å². The molecule has 1 saturated heterocycles. The van der Waals surface area contributed by atoms with Crippen molar-refractivity contribution >= 4 is 6.21 Å². The van der Waals surface area contributed by atoms with Crippen LogP contribution in [0.4, 0.5) is 0 Å². The number of nitrogens with zero attached hydrogens (tertiary/aromatic N) is 4. The molecule has 1 aliphatic heterocycles. The number of fused-ring (bicyclic) bond motifs is 1.